The molecule has 1 aliphatic carbocycles. The van der Waals surface area contributed by atoms with E-state index in [0.29, 0.717) is 11.1 Å². The van der Waals surface area contributed by atoms with Crippen LogP contribution in [0.15, 0.2) is 24.0 Å². The predicted octanol–water partition coefficient (Wildman–Crippen LogP) is 1.72. The SMILES string of the molecule is COC1=CC(OC)([N+](=O)[O-])C(CBr)C=C1. The van der Waals surface area contributed by atoms with Crippen molar-refractivity contribution in [2.75, 3.05) is 19.5 Å². The van der Waals surface area contributed by atoms with E-state index in [9.17, 15) is 10.1 Å². The van der Waals surface area contributed by atoms with Crippen molar-refractivity contribution >= 4 is 15.9 Å². The maximum atomic E-state index is 11.1. The molecule has 0 N–H and O–H groups in total. The summed E-state index contributed by atoms with van der Waals surface area (Å²) in [5.74, 6) is 0.0853. The Balaban J connectivity index is 3.14. The predicted molar refractivity (Wildman–Crippen MR) is 58.3 cm³/mol. The molecular formula is C9H12BrNO4. The molecule has 15 heavy (non-hydrogen) atoms. The summed E-state index contributed by atoms with van der Waals surface area (Å²) >= 11 is 3.23. The van der Waals surface area contributed by atoms with E-state index in [1.54, 1.807) is 12.2 Å². The van der Waals surface area contributed by atoms with Crippen molar-refractivity contribution in [1.82, 2.24) is 0 Å². The lowest BCUT2D eigenvalue weighted by molar-refractivity contribution is -0.618. The van der Waals surface area contributed by atoms with Crippen molar-refractivity contribution in [2.45, 2.75) is 5.72 Å². The van der Waals surface area contributed by atoms with Crippen LogP contribution in [-0.4, -0.2) is 30.2 Å². The zero-order chi connectivity index (χ0) is 11.5. The van der Waals surface area contributed by atoms with Gasteiger partial charge < -0.3 is 9.47 Å². The van der Waals surface area contributed by atoms with Crippen molar-refractivity contribution in [3.63, 3.8) is 0 Å². The van der Waals surface area contributed by atoms with Crippen LogP contribution in [-0.2, 0) is 9.47 Å². The minimum atomic E-state index is -1.54. The number of hydrogen-bond acceptors (Lipinski definition) is 4. The summed E-state index contributed by atoms with van der Waals surface area (Å²) in [7, 11) is 2.78. The van der Waals surface area contributed by atoms with Gasteiger partial charge in [-0.15, -0.1) is 0 Å². The lowest BCUT2D eigenvalue weighted by Gasteiger charge is -2.28. The molecule has 0 aromatic heterocycles. The molecule has 0 spiro atoms. The van der Waals surface area contributed by atoms with E-state index in [0.717, 1.165) is 0 Å². The third-order valence-corrected chi connectivity index (χ3v) is 3.08. The molecule has 0 saturated carbocycles. The average Bonchev–Trinajstić information content (AvgIpc) is 2.27. The lowest BCUT2D eigenvalue weighted by atomic mass is 9.92. The smallest absolute Gasteiger partial charge is 0.355 e. The van der Waals surface area contributed by atoms with Gasteiger partial charge in [0.05, 0.1) is 24.0 Å². The Hall–Kier alpha value is -0.880. The van der Waals surface area contributed by atoms with E-state index in [-0.39, 0.29) is 5.92 Å². The summed E-state index contributed by atoms with van der Waals surface area (Å²) in [4.78, 5) is 10.6. The standard InChI is InChI=1S/C9H12BrNO4/c1-14-8-4-3-7(6-10)9(5-8,15-2)11(12)13/h3-5,7H,6H2,1-2H3. The second kappa shape index (κ2) is 4.76. The van der Waals surface area contributed by atoms with Gasteiger partial charge in [-0.05, 0) is 6.08 Å². The zero-order valence-electron chi connectivity index (χ0n) is 8.47. The number of hydrogen-bond donors (Lipinski definition) is 0. The molecule has 0 fully saturated rings. The van der Waals surface area contributed by atoms with Crippen molar-refractivity contribution in [3.8, 4) is 0 Å². The fourth-order valence-electron chi connectivity index (χ4n) is 1.47. The van der Waals surface area contributed by atoms with E-state index in [1.165, 1.54) is 20.3 Å². The van der Waals surface area contributed by atoms with Crippen LogP contribution < -0.4 is 0 Å². The zero-order valence-corrected chi connectivity index (χ0v) is 10.1. The van der Waals surface area contributed by atoms with Crippen molar-refractivity contribution < 1.29 is 14.4 Å². The van der Waals surface area contributed by atoms with Crippen LogP contribution >= 0.6 is 15.9 Å². The molecule has 0 heterocycles. The molecule has 0 radical (unpaired) electrons. The third kappa shape index (κ3) is 2.05. The van der Waals surface area contributed by atoms with Crippen LogP contribution in [0.4, 0.5) is 0 Å². The summed E-state index contributed by atoms with van der Waals surface area (Å²) in [5.41, 5.74) is -1.54. The highest BCUT2D eigenvalue weighted by Crippen LogP contribution is 2.32. The highest BCUT2D eigenvalue weighted by atomic mass is 79.9. The first kappa shape index (κ1) is 12.2. The maximum absolute atomic E-state index is 11.1. The molecule has 1 aliphatic rings. The van der Waals surface area contributed by atoms with E-state index in [4.69, 9.17) is 9.47 Å². The molecule has 5 nitrogen and oxygen atoms in total. The minimum absolute atomic E-state index is 0.351. The van der Waals surface area contributed by atoms with Crippen molar-refractivity contribution in [1.29, 1.82) is 0 Å². The molecule has 1 rings (SSSR count). The second-order valence-corrected chi connectivity index (χ2v) is 3.73. The summed E-state index contributed by atoms with van der Waals surface area (Å²) < 4.78 is 10.0. The fourth-order valence-corrected chi connectivity index (χ4v) is 2.15. The Labute approximate surface area is 96.0 Å². The molecule has 0 aromatic carbocycles. The summed E-state index contributed by atoms with van der Waals surface area (Å²) in [6.07, 6.45) is 4.80. The average molecular weight is 278 g/mol. The lowest BCUT2D eigenvalue weighted by Crippen LogP contribution is -2.47. The molecule has 6 heteroatoms. The van der Waals surface area contributed by atoms with Gasteiger partial charge in [0.15, 0.2) is 0 Å². The monoisotopic (exact) mass is 277 g/mol. The number of nitrogens with zero attached hydrogens (tertiary/aromatic N) is 1. The van der Waals surface area contributed by atoms with Crippen LogP contribution in [0.5, 0.6) is 0 Å². The van der Waals surface area contributed by atoms with E-state index in [2.05, 4.69) is 15.9 Å². The number of halogens is 1. The Bertz CT molecular complexity index is 315. The van der Waals surface area contributed by atoms with Crippen LogP contribution in [0.3, 0.4) is 0 Å². The fraction of sp³-hybridized carbons (Fsp3) is 0.556. The van der Waals surface area contributed by atoms with Crippen LogP contribution in [0.1, 0.15) is 0 Å². The molecule has 0 aliphatic heterocycles. The Morgan fingerprint density at radius 3 is 2.73 bits per heavy atom. The molecule has 2 unspecified atom stereocenters. The van der Waals surface area contributed by atoms with Gasteiger partial charge in [0.25, 0.3) is 0 Å². The highest BCUT2D eigenvalue weighted by molar-refractivity contribution is 9.09. The highest BCUT2D eigenvalue weighted by Gasteiger charge is 2.50. The Kier molecular flexibility index (Phi) is 3.87. The molecule has 2 atom stereocenters. The summed E-state index contributed by atoms with van der Waals surface area (Å²) in [6, 6.07) is 0. The van der Waals surface area contributed by atoms with E-state index >= 15 is 0 Å². The molecule has 0 aromatic rings. The second-order valence-electron chi connectivity index (χ2n) is 3.08. The van der Waals surface area contributed by atoms with Crippen LogP contribution in [0.2, 0.25) is 0 Å². The van der Waals surface area contributed by atoms with Crippen LogP contribution in [0.25, 0.3) is 0 Å². The molecule has 84 valence electrons. The van der Waals surface area contributed by atoms with Gasteiger partial charge >= 0.3 is 5.72 Å². The van der Waals surface area contributed by atoms with E-state index < -0.39 is 10.6 Å². The third-order valence-electron chi connectivity index (χ3n) is 2.39. The maximum Gasteiger partial charge on any atom is 0.355 e. The molecule has 0 saturated heterocycles. The topological polar surface area (TPSA) is 61.6 Å². The number of rotatable bonds is 4. The minimum Gasteiger partial charge on any atom is -0.497 e. The summed E-state index contributed by atoms with van der Waals surface area (Å²) in [5, 5.41) is 11.5. The van der Waals surface area contributed by atoms with E-state index in [1.807, 2.05) is 0 Å². The number of allylic oxidation sites excluding steroid dienone is 1. The number of nitro groups is 1. The largest absolute Gasteiger partial charge is 0.497 e. The van der Waals surface area contributed by atoms with Gasteiger partial charge in [-0.3, -0.25) is 10.1 Å². The first-order chi connectivity index (χ1) is 7.10. The first-order valence-corrected chi connectivity index (χ1v) is 5.43. The number of alkyl halides is 1. The Morgan fingerprint density at radius 2 is 2.33 bits per heavy atom. The molecular weight excluding hydrogens is 266 g/mol. The quantitative estimate of drug-likeness (QED) is 0.340. The molecule has 0 amide bonds. The van der Waals surface area contributed by atoms with Gasteiger partial charge in [-0.25, -0.2) is 0 Å². The van der Waals surface area contributed by atoms with Crippen molar-refractivity contribution in [3.05, 3.63) is 34.1 Å². The summed E-state index contributed by atoms with van der Waals surface area (Å²) in [6.45, 7) is 0. The Morgan fingerprint density at radius 1 is 1.67 bits per heavy atom. The van der Waals surface area contributed by atoms with Gasteiger partial charge in [0, 0.05) is 12.4 Å². The first-order valence-electron chi connectivity index (χ1n) is 4.31. The van der Waals surface area contributed by atoms with Crippen LogP contribution in [0, 0.1) is 16.0 Å². The van der Waals surface area contributed by atoms with Gasteiger partial charge in [0.1, 0.15) is 5.76 Å². The van der Waals surface area contributed by atoms with Gasteiger partial charge in [-0.1, -0.05) is 22.0 Å². The van der Waals surface area contributed by atoms with Crippen molar-refractivity contribution in [2.24, 2.45) is 5.92 Å². The molecule has 0 bridgehead atoms. The van der Waals surface area contributed by atoms with Gasteiger partial charge in [0.2, 0.25) is 0 Å². The number of ether oxygens (including phenoxy) is 2. The number of methoxy groups -OCH3 is 2. The normalized spacial score (nSPS) is 29.8. The van der Waals surface area contributed by atoms with Gasteiger partial charge in [-0.2, -0.15) is 0 Å².